The van der Waals surface area contributed by atoms with Crippen molar-refractivity contribution in [3.63, 3.8) is 0 Å². The Bertz CT molecular complexity index is 654. The molecule has 0 bridgehead atoms. The van der Waals surface area contributed by atoms with Crippen LogP contribution in [0.3, 0.4) is 0 Å². The van der Waals surface area contributed by atoms with Crippen molar-refractivity contribution in [3.8, 4) is 5.75 Å². The summed E-state index contributed by atoms with van der Waals surface area (Å²) in [5.74, 6) is 0.125. The number of nitrogens with one attached hydrogen (secondary N) is 1. The molecule has 0 spiro atoms. The first-order chi connectivity index (χ1) is 10.7. The van der Waals surface area contributed by atoms with Crippen molar-refractivity contribution in [2.24, 2.45) is 5.10 Å². The van der Waals surface area contributed by atoms with Crippen molar-refractivity contribution in [2.75, 3.05) is 6.61 Å². The van der Waals surface area contributed by atoms with Crippen LogP contribution in [0.5, 0.6) is 5.75 Å². The molecule has 0 aliphatic rings. The molecule has 114 valence electrons. The van der Waals surface area contributed by atoms with Gasteiger partial charge in [0, 0.05) is 0 Å². The van der Waals surface area contributed by atoms with E-state index in [1.165, 1.54) is 5.56 Å². The van der Waals surface area contributed by atoms with E-state index in [0.29, 0.717) is 10.8 Å². The van der Waals surface area contributed by atoms with Crippen LogP contribution in [-0.2, 0) is 11.2 Å². The zero-order chi connectivity index (χ0) is 15.8. The lowest BCUT2D eigenvalue weighted by Crippen LogP contribution is -2.24. The smallest absolute Gasteiger partial charge is 0.277 e. The highest BCUT2D eigenvalue weighted by Gasteiger charge is 2.04. The van der Waals surface area contributed by atoms with Gasteiger partial charge in [-0.3, -0.25) is 4.79 Å². The summed E-state index contributed by atoms with van der Waals surface area (Å²) in [6.07, 6.45) is 2.58. The highest BCUT2D eigenvalue weighted by molar-refractivity contribution is 6.32. The van der Waals surface area contributed by atoms with E-state index in [-0.39, 0.29) is 12.5 Å². The third-order valence-electron chi connectivity index (χ3n) is 2.99. The molecule has 0 aliphatic carbocycles. The van der Waals surface area contributed by atoms with E-state index in [1.807, 2.05) is 24.3 Å². The lowest BCUT2D eigenvalue weighted by atomic mass is 10.1. The summed E-state index contributed by atoms with van der Waals surface area (Å²) in [4.78, 5) is 11.6. The number of ether oxygens (including phenoxy) is 1. The lowest BCUT2D eigenvalue weighted by molar-refractivity contribution is -0.123. The molecule has 4 nitrogen and oxygen atoms in total. The predicted octanol–water partition coefficient (Wildman–Crippen LogP) is 3.43. The van der Waals surface area contributed by atoms with Crippen molar-refractivity contribution >= 4 is 23.7 Å². The molecule has 0 saturated heterocycles. The van der Waals surface area contributed by atoms with Crippen molar-refractivity contribution in [3.05, 3.63) is 64.7 Å². The number of hydrazone groups is 1. The zero-order valence-corrected chi connectivity index (χ0v) is 13.0. The first-order valence-electron chi connectivity index (χ1n) is 6.97. The molecular weight excluding hydrogens is 300 g/mol. The minimum atomic E-state index is -0.346. The van der Waals surface area contributed by atoms with Gasteiger partial charge in [0.25, 0.3) is 5.91 Å². The SMILES string of the molecule is CCc1ccc(/C=N/NC(=O)COc2ccccc2Cl)cc1. The first kappa shape index (κ1) is 16.0. The lowest BCUT2D eigenvalue weighted by Gasteiger charge is -2.06. The molecule has 0 unspecified atom stereocenters. The van der Waals surface area contributed by atoms with Gasteiger partial charge in [-0.25, -0.2) is 5.43 Å². The quantitative estimate of drug-likeness (QED) is 0.655. The summed E-state index contributed by atoms with van der Waals surface area (Å²) >= 11 is 5.93. The molecule has 0 heterocycles. The van der Waals surface area contributed by atoms with Crippen molar-refractivity contribution < 1.29 is 9.53 Å². The van der Waals surface area contributed by atoms with Crippen LogP contribution in [-0.4, -0.2) is 18.7 Å². The van der Waals surface area contributed by atoms with E-state index < -0.39 is 0 Å². The maximum absolute atomic E-state index is 11.6. The van der Waals surface area contributed by atoms with E-state index in [1.54, 1.807) is 30.5 Å². The van der Waals surface area contributed by atoms with Crippen LogP contribution in [0.15, 0.2) is 53.6 Å². The largest absolute Gasteiger partial charge is 0.482 e. The average Bonchev–Trinajstić information content (AvgIpc) is 2.55. The molecule has 2 rings (SSSR count). The standard InChI is InChI=1S/C17H17ClN2O2/c1-2-13-7-9-14(10-8-13)11-19-20-17(21)12-22-16-6-4-3-5-15(16)18/h3-11H,2,12H2,1H3,(H,20,21)/b19-11+. The Morgan fingerprint density at radius 1 is 1.23 bits per heavy atom. The molecule has 2 aromatic rings. The van der Waals surface area contributed by atoms with Gasteiger partial charge in [0.15, 0.2) is 6.61 Å². The molecular formula is C17H17ClN2O2. The van der Waals surface area contributed by atoms with E-state index in [4.69, 9.17) is 16.3 Å². The number of carbonyl (C=O) groups excluding carboxylic acids is 1. The predicted molar refractivity (Wildman–Crippen MR) is 88.5 cm³/mol. The second-order valence-corrected chi connectivity index (χ2v) is 5.01. The summed E-state index contributed by atoms with van der Waals surface area (Å²) in [5.41, 5.74) is 4.59. The van der Waals surface area contributed by atoms with Gasteiger partial charge in [-0.05, 0) is 29.7 Å². The summed E-state index contributed by atoms with van der Waals surface area (Å²) in [6.45, 7) is 1.96. The normalized spacial score (nSPS) is 10.6. The van der Waals surface area contributed by atoms with E-state index in [0.717, 1.165) is 12.0 Å². The first-order valence-corrected chi connectivity index (χ1v) is 7.35. The Morgan fingerprint density at radius 3 is 2.64 bits per heavy atom. The Kier molecular flexibility index (Phi) is 5.98. The number of benzene rings is 2. The fraction of sp³-hybridized carbons (Fsp3) is 0.176. The monoisotopic (exact) mass is 316 g/mol. The van der Waals surface area contributed by atoms with E-state index >= 15 is 0 Å². The highest BCUT2D eigenvalue weighted by Crippen LogP contribution is 2.22. The minimum Gasteiger partial charge on any atom is -0.482 e. The molecule has 0 aromatic heterocycles. The summed E-state index contributed by atoms with van der Waals surface area (Å²) < 4.78 is 5.31. The number of rotatable bonds is 6. The second kappa shape index (κ2) is 8.20. The number of hydrogen-bond donors (Lipinski definition) is 1. The van der Waals surface area contributed by atoms with Gasteiger partial charge in [-0.15, -0.1) is 0 Å². The van der Waals surface area contributed by atoms with Crippen LogP contribution >= 0.6 is 11.6 Å². The van der Waals surface area contributed by atoms with E-state index in [9.17, 15) is 4.79 Å². The Labute approximate surface area is 134 Å². The minimum absolute atomic E-state index is 0.143. The Hall–Kier alpha value is -2.33. The number of carbonyl (C=O) groups is 1. The molecule has 0 radical (unpaired) electrons. The molecule has 1 amide bonds. The third kappa shape index (κ3) is 4.90. The molecule has 0 aliphatic heterocycles. The second-order valence-electron chi connectivity index (χ2n) is 4.61. The number of aryl methyl sites for hydroxylation is 1. The number of halogens is 1. The maximum Gasteiger partial charge on any atom is 0.277 e. The molecule has 5 heteroatoms. The van der Waals surface area contributed by atoms with Gasteiger partial charge in [-0.1, -0.05) is 54.9 Å². The van der Waals surface area contributed by atoms with Crippen molar-refractivity contribution in [1.82, 2.24) is 5.43 Å². The van der Waals surface area contributed by atoms with Crippen LogP contribution in [0.1, 0.15) is 18.1 Å². The number of para-hydroxylation sites is 1. The van der Waals surface area contributed by atoms with Crippen LogP contribution in [0.4, 0.5) is 0 Å². The van der Waals surface area contributed by atoms with Crippen molar-refractivity contribution in [1.29, 1.82) is 0 Å². The summed E-state index contributed by atoms with van der Waals surface area (Å²) in [5, 5.41) is 4.36. The van der Waals surface area contributed by atoms with Crippen molar-refractivity contribution in [2.45, 2.75) is 13.3 Å². The topological polar surface area (TPSA) is 50.7 Å². The Balaban J connectivity index is 1.79. The van der Waals surface area contributed by atoms with Crippen LogP contribution in [0.2, 0.25) is 5.02 Å². The molecule has 2 aromatic carbocycles. The number of nitrogens with zero attached hydrogens (tertiary/aromatic N) is 1. The molecule has 0 atom stereocenters. The van der Waals surface area contributed by atoms with Crippen LogP contribution in [0, 0.1) is 0 Å². The van der Waals surface area contributed by atoms with Gasteiger partial charge in [0.2, 0.25) is 0 Å². The van der Waals surface area contributed by atoms with Gasteiger partial charge in [-0.2, -0.15) is 5.10 Å². The number of amides is 1. The van der Waals surface area contributed by atoms with Gasteiger partial charge < -0.3 is 4.74 Å². The van der Waals surface area contributed by atoms with Gasteiger partial charge in [0.1, 0.15) is 5.75 Å². The average molecular weight is 317 g/mol. The zero-order valence-electron chi connectivity index (χ0n) is 12.3. The highest BCUT2D eigenvalue weighted by atomic mass is 35.5. The number of hydrogen-bond acceptors (Lipinski definition) is 3. The van der Waals surface area contributed by atoms with Crippen LogP contribution < -0.4 is 10.2 Å². The molecule has 0 saturated carbocycles. The van der Waals surface area contributed by atoms with Gasteiger partial charge >= 0.3 is 0 Å². The summed E-state index contributed by atoms with van der Waals surface area (Å²) in [6, 6.07) is 15.0. The van der Waals surface area contributed by atoms with Gasteiger partial charge in [0.05, 0.1) is 11.2 Å². The van der Waals surface area contributed by atoms with Crippen LogP contribution in [0.25, 0.3) is 0 Å². The third-order valence-corrected chi connectivity index (χ3v) is 3.30. The molecule has 1 N–H and O–H groups in total. The molecule has 0 fully saturated rings. The molecule has 22 heavy (non-hydrogen) atoms. The fourth-order valence-electron chi connectivity index (χ4n) is 1.76. The Morgan fingerprint density at radius 2 is 1.95 bits per heavy atom. The van der Waals surface area contributed by atoms with E-state index in [2.05, 4.69) is 17.5 Å². The fourth-order valence-corrected chi connectivity index (χ4v) is 1.95. The maximum atomic E-state index is 11.6. The summed E-state index contributed by atoms with van der Waals surface area (Å²) in [7, 11) is 0.